The molecule has 0 N–H and O–H groups in total. The Morgan fingerprint density at radius 1 is 1.11 bits per heavy atom. The average Bonchev–Trinajstić information content (AvgIpc) is 3.36. The van der Waals surface area contributed by atoms with Gasteiger partial charge in [-0.15, -0.1) is 0 Å². The smallest absolute Gasteiger partial charge is 0.333 e. The molecule has 1 saturated heterocycles. The SMILES string of the molecule is CC(=O)N1CCc2nc(N3CCC(Oc4ccc(F)cc4F)CC3)c(-c3cnn(C(F)F)c3)nc2C1. The number of benzene rings is 1. The maximum Gasteiger partial charge on any atom is 0.333 e. The fourth-order valence-electron chi connectivity index (χ4n) is 4.51. The molecule has 0 spiro atoms. The van der Waals surface area contributed by atoms with Crippen LogP contribution in [0.1, 0.15) is 37.7 Å². The summed E-state index contributed by atoms with van der Waals surface area (Å²) in [6, 6.07) is 3.21. The van der Waals surface area contributed by atoms with Crippen molar-refractivity contribution in [1.29, 1.82) is 0 Å². The molecule has 0 aliphatic carbocycles. The third-order valence-electron chi connectivity index (χ3n) is 6.44. The molecule has 2 aliphatic rings. The molecule has 36 heavy (non-hydrogen) atoms. The highest BCUT2D eigenvalue weighted by Gasteiger charge is 2.29. The normalized spacial score (nSPS) is 16.4. The van der Waals surface area contributed by atoms with E-state index >= 15 is 0 Å². The Bertz CT molecular complexity index is 1280. The lowest BCUT2D eigenvalue weighted by molar-refractivity contribution is -0.129. The quantitative estimate of drug-likeness (QED) is 0.490. The van der Waals surface area contributed by atoms with Crippen molar-refractivity contribution in [3.63, 3.8) is 0 Å². The van der Waals surface area contributed by atoms with Gasteiger partial charge in [0.15, 0.2) is 17.4 Å². The summed E-state index contributed by atoms with van der Waals surface area (Å²) >= 11 is 0. The van der Waals surface area contributed by atoms with Crippen LogP contribution in [-0.4, -0.2) is 56.3 Å². The van der Waals surface area contributed by atoms with E-state index < -0.39 is 18.2 Å². The van der Waals surface area contributed by atoms with Crippen LogP contribution >= 0.6 is 0 Å². The zero-order valence-corrected chi connectivity index (χ0v) is 19.5. The molecule has 0 radical (unpaired) electrons. The molecule has 8 nitrogen and oxygen atoms in total. The molecule has 0 unspecified atom stereocenters. The first-order valence-electron chi connectivity index (χ1n) is 11.6. The number of piperidine rings is 1. The molecule has 1 amide bonds. The Hall–Kier alpha value is -3.70. The fourth-order valence-corrected chi connectivity index (χ4v) is 4.51. The molecule has 0 bridgehead atoms. The second-order valence-electron chi connectivity index (χ2n) is 8.85. The lowest BCUT2D eigenvalue weighted by Gasteiger charge is -2.35. The van der Waals surface area contributed by atoms with Crippen molar-refractivity contribution in [2.24, 2.45) is 0 Å². The van der Waals surface area contributed by atoms with Gasteiger partial charge in [0.1, 0.15) is 17.6 Å². The molecular formula is C24H24F4N6O2. The third-order valence-corrected chi connectivity index (χ3v) is 6.44. The van der Waals surface area contributed by atoms with Gasteiger partial charge in [-0.2, -0.15) is 13.9 Å². The fraction of sp³-hybridized carbons (Fsp3) is 0.417. The van der Waals surface area contributed by atoms with Crippen LogP contribution in [0.5, 0.6) is 5.75 Å². The predicted octanol–water partition coefficient (Wildman–Crippen LogP) is 3.97. The summed E-state index contributed by atoms with van der Waals surface area (Å²) in [6.07, 6.45) is 3.90. The lowest BCUT2D eigenvalue weighted by atomic mass is 10.1. The summed E-state index contributed by atoms with van der Waals surface area (Å²) in [4.78, 5) is 25.2. The number of carbonyl (C=O) groups is 1. The summed E-state index contributed by atoms with van der Waals surface area (Å²) in [5.41, 5.74) is 2.20. The molecule has 12 heteroatoms. The van der Waals surface area contributed by atoms with Crippen molar-refractivity contribution in [2.45, 2.75) is 45.4 Å². The van der Waals surface area contributed by atoms with E-state index in [4.69, 9.17) is 14.7 Å². The molecular weight excluding hydrogens is 480 g/mol. The minimum atomic E-state index is -2.79. The van der Waals surface area contributed by atoms with Crippen molar-refractivity contribution >= 4 is 11.7 Å². The van der Waals surface area contributed by atoms with Gasteiger partial charge in [-0.3, -0.25) is 4.79 Å². The van der Waals surface area contributed by atoms with Gasteiger partial charge in [-0.1, -0.05) is 0 Å². The van der Waals surface area contributed by atoms with E-state index in [-0.39, 0.29) is 17.8 Å². The Balaban J connectivity index is 1.40. The molecule has 0 saturated carbocycles. The van der Waals surface area contributed by atoms with Crippen LogP contribution in [0.4, 0.5) is 23.4 Å². The lowest BCUT2D eigenvalue weighted by Crippen LogP contribution is -2.40. The number of alkyl halides is 2. The third kappa shape index (κ3) is 4.84. The van der Waals surface area contributed by atoms with Gasteiger partial charge in [0.25, 0.3) is 0 Å². The van der Waals surface area contributed by atoms with Crippen LogP contribution in [0.2, 0.25) is 0 Å². The minimum absolute atomic E-state index is 0.00134. The Morgan fingerprint density at radius 2 is 1.89 bits per heavy atom. The van der Waals surface area contributed by atoms with E-state index in [0.717, 1.165) is 17.8 Å². The number of hydrogen-bond acceptors (Lipinski definition) is 6. The predicted molar refractivity (Wildman–Crippen MR) is 122 cm³/mol. The molecule has 4 heterocycles. The van der Waals surface area contributed by atoms with Gasteiger partial charge in [-0.05, 0) is 12.1 Å². The van der Waals surface area contributed by atoms with Crippen molar-refractivity contribution in [3.8, 4) is 17.0 Å². The van der Waals surface area contributed by atoms with Crippen molar-refractivity contribution < 1.29 is 27.1 Å². The van der Waals surface area contributed by atoms with Crippen molar-refractivity contribution in [1.82, 2.24) is 24.6 Å². The first-order valence-corrected chi connectivity index (χ1v) is 11.6. The number of halogens is 4. The molecule has 5 rings (SSSR count). The summed E-state index contributed by atoms with van der Waals surface area (Å²) in [5.74, 6) is -0.951. The summed E-state index contributed by atoms with van der Waals surface area (Å²) in [5, 5.41) is 3.74. The maximum absolute atomic E-state index is 14.0. The number of rotatable bonds is 5. The Morgan fingerprint density at radius 3 is 2.56 bits per heavy atom. The number of amides is 1. The first kappa shape index (κ1) is 24.0. The number of nitrogens with zero attached hydrogens (tertiary/aromatic N) is 6. The molecule has 2 aromatic heterocycles. The number of hydrogen-bond donors (Lipinski definition) is 0. The monoisotopic (exact) mass is 504 g/mol. The number of ether oxygens (including phenoxy) is 1. The zero-order chi connectivity index (χ0) is 25.4. The van der Waals surface area contributed by atoms with Crippen LogP contribution in [0.15, 0.2) is 30.6 Å². The van der Waals surface area contributed by atoms with Crippen LogP contribution in [0, 0.1) is 11.6 Å². The van der Waals surface area contributed by atoms with Gasteiger partial charge in [-0.25, -0.2) is 23.4 Å². The second-order valence-corrected chi connectivity index (χ2v) is 8.85. The molecule has 1 fully saturated rings. The topological polar surface area (TPSA) is 76.4 Å². The van der Waals surface area contributed by atoms with Gasteiger partial charge < -0.3 is 14.5 Å². The average molecular weight is 504 g/mol. The second kappa shape index (κ2) is 9.75. The van der Waals surface area contributed by atoms with E-state index in [9.17, 15) is 22.4 Å². The van der Waals surface area contributed by atoms with Crippen LogP contribution in [0.25, 0.3) is 11.3 Å². The Kier molecular flexibility index (Phi) is 6.50. The van der Waals surface area contributed by atoms with Gasteiger partial charge in [0.2, 0.25) is 5.91 Å². The van der Waals surface area contributed by atoms with Gasteiger partial charge in [0, 0.05) is 63.6 Å². The number of anilines is 1. The molecule has 2 aliphatic heterocycles. The van der Waals surface area contributed by atoms with E-state index in [2.05, 4.69) is 5.10 Å². The highest BCUT2D eigenvalue weighted by atomic mass is 19.3. The van der Waals surface area contributed by atoms with Gasteiger partial charge >= 0.3 is 6.55 Å². The van der Waals surface area contributed by atoms with E-state index in [1.807, 2.05) is 4.90 Å². The van der Waals surface area contributed by atoms with Crippen LogP contribution in [0.3, 0.4) is 0 Å². The standard InChI is InChI=1S/C24H24F4N6O2/c1-14(35)33-9-6-19-20(13-33)30-22(15-11-29-34(12-15)24(27)28)23(31-19)32-7-4-17(5-8-32)36-21-3-2-16(25)10-18(21)26/h2-3,10-12,17,24H,4-9,13H2,1H3. The maximum atomic E-state index is 14.0. The molecule has 3 aromatic rings. The molecule has 190 valence electrons. The number of fused-ring (bicyclic) bond motifs is 1. The highest BCUT2D eigenvalue weighted by Crippen LogP contribution is 2.33. The summed E-state index contributed by atoms with van der Waals surface area (Å²) < 4.78 is 59.9. The zero-order valence-electron chi connectivity index (χ0n) is 19.5. The molecule has 1 aromatic carbocycles. The van der Waals surface area contributed by atoms with Crippen molar-refractivity contribution in [2.75, 3.05) is 24.5 Å². The summed E-state index contributed by atoms with van der Waals surface area (Å²) in [7, 11) is 0. The highest BCUT2D eigenvalue weighted by molar-refractivity contribution is 5.74. The van der Waals surface area contributed by atoms with Crippen LogP contribution < -0.4 is 9.64 Å². The first-order chi connectivity index (χ1) is 17.3. The van der Waals surface area contributed by atoms with Crippen LogP contribution in [-0.2, 0) is 17.8 Å². The summed E-state index contributed by atoms with van der Waals surface area (Å²) in [6.45, 7) is 0.545. The van der Waals surface area contributed by atoms with Gasteiger partial charge in [0.05, 0.1) is 24.1 Å². The van der Waals surface area contributed by atoms with E-state index in [1.165, 1.54) is 25.4 Å². The van der Waals surface area contributed by atoms with E-state index in [0.29, 0.717) is 72.9 Å². The van der Waals surface area contributed by atoms with E-state index in [1.54, 1.807) is 4.90 Å². The van der Waals surface area contributed by atoms with Crippen molar-refractivity contribution in [3.05, 3.63) is 53.6 Å². The molecule has 0 atom stereocenters. The largest absolute Gasteiger partial charge is 0.487 e. The number of carbonyl (C=O) groups excluding carboxylic acids is 1. The Labute approximate surface area is 204 Å². The number of aromatic nitrogens is 4. The minimum Gasteiger partial charge on any atom is -0.487 e.